The van der Waals surface area contributed by atoms with Gasteiger partial charge in [-0.25, -0.2) is 0 Å². The SMILES string of the molecule is CN1CCC23CCCCC12CCc1ccccc13. The summed E-state index contributed by atoms with van der Waals surface area (Å²) in [5, 5.41) is 0. The number of hydrogen-bond donors (Lipinski definition) is 0. The van der Waals surface area contributed by atoms with Crippen molar-refractivity contribution < 1.29 is 0 Å². The Morgan fingerprint density at radius 2 is 1.83 bits per heavy atom. The number of fused-ring (bicyclic) bond motifs is 1. The van der Waals surface area contributed by atoms with Gasteiger partial charge in [-0.1, -0.05) is 37.1 Å². The highest BCUT2D eigenvalue weighted by atomic mass is 15.2. The number of likely N-dealkylation sites (tertiary alicyclic amines) is 1. The lowest BCUT2D eigenvalue weighted by molar-refractivity contribution is 0.0414. The molecule has 0 aromatic heterocycles. The zero-order valence-corrected chi connectivity index (χ0v) is 11.4. The van der Waals surface area contributed by atoms with E-state index in [2.05, 4.69) is 36.2 Å². The summed E-state index contributed by atoms with van der Waals surface area (Å²) < 4.78 is 0. The molecular formula is C17H23N. The molecule has 2 aliphatic carbocycles. The van der Waals surface area contributed by atoms with Crippen molar-refractivity contribution in [3.8, 4) is 0 Å². The van der Waals surface area contributed by atoms with Gasteiger partial charge < -0.3 is 0 Å². The zero-order chi connectivity index (χ0) is 12.2. The van der Waals surface area contributed by atoms with Gasteiger partial charge in [0.2, 0.25) is 0 Å². The second-order valence-corrected chi connectivity index (χ2v) is 6.65. The minimum Gasteiger partial charge on any atom is -0.300 e. The fourth-order valence-corrected chi connectivity index (χ4v) is 5.42. The smallest absolute Gasteiger partial charge is 0.0306 e. The van der Waals surface area contributed by atoms with Gasteiger partial charge in [-0.15, -0.1) is 0 Å². The summed E-state index contributed by atoms with van der Waals surface area (Å²) in [6.07, 6.45) is 9.80. The number of rotatable bonds is 0. The van der Waals surface area contributed by atoms with Crippen molar-refractivity contribution in [1.29, 1.82) is 0 Å². The zero-order valence-electron chi connectivity index (χ0n) is 11.4. The monoisotopic (exact) mass is 241 g/mol. The lowest BCUT2D eigenvalue weighted by atomic mass is 9.53. The highest BCUT2D eigenvalue weighted by Gasteiger charge is 2.60. The summed E-state index contributed by atoms with van der Waals surface area (Å²) >= 11 is 0. The first kappa shape index (κ1) is 11.0. The minimum atomic E-state index is 0.495. The molecule has 4 rings (SSSR count). The molecule has 1 heteroatoms. The summed E-state index contributed by atoms with van der Waals surface area (Å²) in [5.41, 5.74) is 4.35. The van der Waals surface area contributed by atoms with Crippen molar-refractivity contribution in [3.05, 3.63) is 35.4 Å². The highest BCUT2D eigenvalue weighted by Crippen LogP contribution is 2.60. The standard InChI is InChI=1S/C17H23N/c1-18-13-12-16-9-4-5-10-17(16,18)11-8-14-6-2-3-7-15(14)16/h2-3,6-7H,4-5,8-13H2,1H3. The molecule has 96 valence electrons. The fourth-order valence-electron chi connectivity index (χ4n) is 5.42. The van der Waals surface area contributed by atoms with Crippen molar-refractivity contribution in [2.24, 2.45) is 0 Å². The molecule has 2 fully saturated rings. The number of nitrogens with zero attached hydrogens (tertiary/aromatic N) is 1. The maximum absolute atomic E-state index is 2.71. The minimum absolute atomic E-state index is 0.495. The average molecular weight is 241 g/mol. The normalized spacial score (nSPS) is 38.9. The first-order chi connectivity index (χ1) is 8.79. The van der Waals surface area contributed by atoms with Crippen LogP contribution in [0.5, 0.6) is 0 Å². The second-order valence-electron chi connectivity index (χ2n) is 6.65. The third kappa shape index (κ3) is 1.12. The van der Waals surface area contributed by atoms with Gasteiger partial charge in [0.05, 0.1) is 0 Å². The quantitative estimate of drug-likeness (QED) is 0.672. The van der Waals surface area contributed by atoms with E-state index in [9.17, 15) is 0 Å². The lowest BCUT2D eigenvalue weighted by Crippen LogP contribution is -2.59. The van der Waals surface area contributed by atoms with Crippen LogP contribution in [0.2, 0.25) is 0 Å². The van der Waals surface area contributed by atoms with Crippen LogP contribution >= 0.6 is 0 Å². The Morgan fingerprint density at radius 1 is 1.00 bits per heavy atom. The van der Waals surface area contributed by atoms with Gasteiger partial charge in [-0.2, -0.15) is 0 Å². The summed E-state index contributed by atoms with van der Waals surface area (Å²) in [4.78, 5) is 2.71. The molecule has 1 aromatic rings. The first-order valence-corrected chi connectivity index (χ1v) is 7.58. The molecule has 2 atom stereocenters. The Morgan fingerprint density at radius 3 is 2.78 bits per heavy atom. The van der Waals surface area contributed by atoms with E-state index in [0.717, 1.165) is 0 Å². The molecule has 1 saturated carbocycles. The molecule has 1 aromatic carbocycles. The van der Waals surface area contributed by atoms with E-state index in [0.29, 0.717) is 11.0 Å². The Balaban J connectivity index is 1.95. The first-order valence-electron chi connectivity index (χ1n) is 7.58. The van der Waals surface area contributed by atoms with Gasteiger partial charge in [0.1, 0.15) is 0 Å². The van der Waals surface area contributed by atoms with Gasteiger partial charge in [0, 0.05) is 11.0 Å². The third-order valence-corrected chi connectivity index (χ3v) is 6.28. The van der Waals surface area contributed by atoms with Gasteiger partial charge in [-0.3, -0.25) is 4.90 Å². The molecule has 1 aliphatic heterocycles. The number of aryl methyl sites for hydroxylation is 1. The molecule has 1 saturated heterocycles. The van der Waals surface area contributed by atoms with E-state index >= 15 is 0 Å². The molecule has 3 aliphatic rings. The number of benzene rings is 1. The third-order valence-electron chi connectivity index (χ3n) is 6.28. The number of likely N-dealkylation sites (N-methyl/N-ethyl adjacent to an activating group) is 1. The van der Waals surface area contributed by atoms with Crippen LogP contribution in [0.4, 0.5) is 0 Å². The van der Waals surface area contributed by atoms with Crippen LogP contribution in [0.3, 0.4) is 0 Å². The van der Waals surface area contributed by atoms with Crippen LogP contribution in [0.15, 0.2) is 24.3 Å². The predicted molar refractivity (Wildman–Crippen MR) is 74.9 cm³/mol. The molecule has 1 heterocycles. The van der Waals surface area contributed by atoms with E-state index in [-0.39, 0.29) is 0 Å². The van der Waals surface area contributed by atoms with Crippen LogP contribution in [-0.4, -0.2) is 24.0 Å². The van der Waals surface area contributed by atoms with Gasteiger partial charge in [0.25, 0.3) is 0 Å². The molecule has 0 amide bonds. The van der Waals surface area contributed by atoms with Crippen LogP contribution in [0.25, 0.3) is 0 Å². The maximum atomic E-state index is 2.71. The van der Waals surface area contributed by atoms with E-state index < -0.39 is 0 Å². The van der Waals surface area contributed by atoms with Gasteiger partial charge >= 0.3 is 0 Å². The molecule has 0 N–H and O–H groups in total. The Hall–Kier alpha value is -0.820. The van der Waals surface area contributed by atoms with Gasteiger partial charge in [0.15, 0.2) is 0 Å². The summed E-state index contributed by atoms with van der Waals surface area (Å²) in [5.74, 6) is 0. The summed E-state index contributed by atoms with van der Waals surface area (Å²) in [6, 6.07) is 9.30. The van der Waals surface area contributed by atoms with E-state index in [1.165, 1.54) is 51.5 Å². The van der Waals surface area contributed by atoms with E-state index in [4.69, 9.17) is 0 Å². The average Bonchev–Trinajstić information content (AvgIpc) is 2.74. The van der Waals surface area contributed by atoms with Crippen LogP contribution in [0.1, 0.15) is 49.7 Å². The molecule has 0 bridgehead atoms. The summed E-state index contributed by atoms with van der Waals surface area (Å²) in [6.45, 7) is 1.30. The van der Waals surface area contributed by atoms with Crippen molar-refractivity contribution in [3.63, 3.8) is 0 Å². The molecular weight excluding hydrogens is 218 g/mol. The molecule has 0 radical (unpaired) electrons. The van der Waals surface area contributed by atoms with Crippen molar-refractivity contribution >= 4 is 0 Å². The Kier molecular flexibility index (Phi) is 2.21. The van der Waals surface area contributed by atoms with Crippen molar-refractivity contribution in [2.75, 3.05) is 13.6 Å². The van der Waals surface area contributed by atoms with Crippen molar-refractivity contribution in [1.82, 2.24) is 4.90 Å². The fraction of sp³-hybridized carbons (Fsp3) is 0.647. The van der Waals surface area contributed by atoms with Gasteiger partial charge in [-0.05, 0) is 56.8 Å². The largest absolute Gasteiger partial charge is 0.300 e. The highest BCUT2D eigenvalue weighted by molar-refractivity contribution is 5.44. The molecule has 0 spiro atoms. The van der Waals surface area contributed by atoms with Crippen LogP contribution < -0.4 is 0 Å². The van der Waals surface area contributed by atoms with Crippen molar-refractivity contribution in [2.45, 2.75) is 55.9 Å². The van der Waals surface area contributed by atoms with E-state index in [1.807, 2.05) is 0 Å². The molecule has 2 unspecified atom stereocenters. The molecule has 18 heavy (non-hydrogen) atoms. The second kappa shape index (κ2) is 3.60. The Bertz CT molecular complexity index is 476. The van der Waals surface area contributed by atoms with Crippen LogP contribution in [0, 0.1) is 0 Å². The predicted octanol–water partition coefficient (Wildman–Crippen LogP) is 3.52. The maximum Gasteiger partial charge on any atom is 0.0306 e. The molecule has 1 nitrogen and oxygen atoms in total. The van der Waals surface area contributed by atoms with Crippen LogP contribution in [-0.2, 0) is 11.8 Å². The number of hydrogen-bond acceptors (Lipinski definition) is 1. The lowest BCUT2D eigenvalue weighted by Gasteiger charge is -2.56. The topological polar surface area (TPSA) is 3.24 Å². The Labute approximate surface area is 110 Å². The van der Waals surface area contributed by atoms with E-state index in [1.54, 1.807) is 11.1 Å². The summed E-state index contributed by atoms with van der Waals surface area (Å²) in [7, 11) is 2.38.